The van der Waals surface area contributed by atoms with E-state index in [1.54, 1.807) is 12.1 Å². The fourth-order valence-electron chi connectivity index (χ4n) is 2.79. The van der Waals surface area contributed by atoms with Crippen molar-refractivity contribution in [3.63, 3.8) is 0 Å². The summed E-state index contributed by atoms with van der Waals surface area (Å²) in [7, 11) is 0. The molecule has 7 heteroatoms. The van der Waals surface area contributed by atoms with Crippen LogP contribution in [-0.2, 0) is 24.2 Å². The van der Waals surface area contributed by atoms with Gasteiger partial charge >= 0.3 is 5.63 Å². The summed E-state index contributed by atoms with van der Waals surface area (Å²) in [5.41, 5.74) is 2.01. The normalized spacial score (nSPS) is 11.0. The monoisotopic (exact) mass is 374 g/mol. The second-order valence-corrected chi connectivity index (χ2v) is 6.45. The average Bonchev–Trinajstić information content (AvgIpc) is 3.04. The molecule has 0 aliphatic rings. The van der Waals surface area contributed by atoms with Gasteiger partial charge in [-0.15, -0.1) is 0 Å². The smallest absolute Gasteiger partial charge is 0.336 e. The standard InChI is InChI=1S/C19H19ClN2O4/c1-2-3-12-4-6-16-15(8-12)13(9-19(24)25-16)11-21-18(23)7-5-14-10-17(20)22-26-14/h4,6,8-10H,2-3,5,7,11H2,1H3,(H,21,23). The predicted octanol–water partition coefficient (Wildman–Crippen LogP) is 3.64. The number of aromatic nitrogens is 1. The van der Waals surface area contributed by atoms with E-state index < -0.39 is 5.63 Å². The number of carbonyl (C=O) groups is 1. The Hall–Kier alpha value is -2.60. The number of hydrogen-bond donors (Lipinski definition) is 1. The highest BCUT2D eigenvalue weighted by molar-refractivity contribution is 6.29. The first-order valence-corrected chi connectivity index (χ1v) is 8.86. The minimum absolute atomic E-state index is 0.149. The molecule has 136 valence electrons. The summed E-state index contributed by atoms with van der Waals surface area (Å²) in [6.45, 7) is 2.37. The second kappa shape index (κ2) is 8.19. The molecule has 0 saturated heterocycles. The third-order valence-corrected chi connectivity index (χ3v) is 4.21. The maximum Gasteiger partial charge on any atom is 0.336 e. The molecule has 0 aliphatic carbocycles. The lowest BCUT2D eigenvalue weighted by Gasteiger charge is -2.09. The number of rotatable bonds is 7. The Morgan fingerprint density at radius 2 is 2.08 bits per heavy atom. The Kier molecular flexibility index (Phi) is 5.73. The molecule has 0 saturated carbocycles. The summed E-state index contributed by atoms with van der Waals surface area (Å²) >= 11 is 5.68. The van der Waals surface area contributed by atoms with Gasteiger partial charge < -0.3 is 14.3 Å². The van der Waals surface area contributed by atoms with Crippen LogP contribution in [0.3, 0.4) is 0 Å². The van der Waals surface area contributed by atoms with Crippen molar-refractivity contribution in [2.75, 3.05) is 0 Å². The van der Waals surface area contributed by atoms with Gasteiger partial charge in [0.2, 0.25) is 5.91 Å². The number of hydrogen-bond acceptors (Lipinski definition) is 5. The fourth-order valence-corrected chi connectivity index (χ4v) is 2.95. The molecule has 0 radical (unpaired) electrons. The Bertz CT molecular complexity index is 977. The van der Waals surface area contributed by atoms with Crippen LogP contribution in [0.5, 0.6) is 0 Å². The lowest BCUT2D eigenvalue weighted by Crippen LogP contribution is -2.23. The highest BCUT2D eigenvalue weighted by Crippen LogP contribution is 2.20. The van der Waals surface area contributed by atoms with E-state index in [4.69, 9.17) is 20.5 Å². The van der Waals surface area contributed by atoms with Crippen molar-refractivity contribution in [2.24, 2.45) is 0 Å². The Balaban J connectivity index is 1.69. The van der Waals surface area contributed by atoms with E-state index in [0.29, 0.717) is 17.8 Å². The van der Waals surface area contributed by atoms with E-state index in [-0.39, 0.29) is 24.0 Å². The molecule has 0 atom stereocenters. The number of halogens is 1. The van der Waals surface area contributed by atoms with Crippen molar-refractivity contribution in [3.05, 3.63) is 62.8 Å². The molecular formula is C19H19ClN2O4. The van der Waals surface area contributed by atoms with Crippen LogP contribution in [0.15, 0.2) is 44.1 Å². The van der Waals surface area contributed by atoms with E-state index in [0.717, 1.165) is 23.8 Å². The molecule has 0 spiro atoms. The summed E-state index contributed by atoms with van der Waals surface area (Å²) in [5.74, 6) is 0.406. The van der Waals surface area contributed by atoms with Gasteiger partial charge in [0.1, 0.15) is 11.3 Å². The van der Waals surface area contributed by atoms with Crippen molar-refractivity contribution >= 4 is 28.5 Å². The predicted molar refractivity (Wildman–Crippen MR) is 98.2 cm³/mol. The molecule has 3 rings (SSSR count). The first kappa shape index (κ1) is 18.2. The molecule has 3 aromatic rings. The third-order valence-electron chi connectivity index (χ3n) is 4.04. The summed E-state index contributed by atoms with van der Waals surface area (Å²) in [5, 5.41) is 7.52. The number of nitrogens with zero attached hydrogens (tertiary/aromatic N) is 1. The lowest BCUT2D eigenvalue weighted by atomic mass is 10.0. The van der Waals surface area contributed by atoms with E-state index in [1.807, 2.05) is 12.1 Å². The SMILES string of the molecule is CCCc1ccc2oc(=O)cc(CNC(=O)CCc3cc(Cl)no3)c2c1. The van der Waals surface area contributed by atoms with Gasteiger partial charge in [-0.3, -0.25) is 4.79 Å². The molecule has 6 nitrogen and oxygen atoms in total. The van der Waals surface area contributed by atoms with Crippen LogP contribution < -0.4 is 10.9 Å². The number of aryl methyl sites for hydroxylation is 2. The maximum absolute atomic E-state index is 12.1. The van der Waals surface area contributed by atoms with E-state index in [1.165, 1.54) is 11.6 Å². The Labute approximate surface area is 155 Å². The summed E-state index contributed by atoms with van der Waals surface area (Å²) in [6.07, 6.45) is 2.62. The maximum atomic E-state index is 12.1. The number of nitrogens with one attached hydrogen (secondary N) is 1. The minimum Gasteiger partial charge on any atom is -0.423 e. The second-order valence-electron chi connectivity index (χ2n) is 6.06. The van der Waals surface area contributed by atoms with Crippen molar-refractivity contribution in [1.82, 2.24) is 10.5 Å². The quantitative estimate of drug-likeness (QED) is 0.638. The van der Waals surface area contributed by atoms with Crippen LogP contribution in [0.1, 0.15) is 36.7 Å². The van der Waals surface area contributed by atoms with Gasteiger partial charge in [-0.05, 0) is 29.7 Å². The first-order chi connectivity index (χ1) is 12.5. The van der Waals surface area contributed by atoms with Gasteiger partial charge in [-0.25, -0.2) is 4.79 Å². The fraction of sp³-hybridized carbons (Fsp3) is 0.316. The van der Waals surface area contributed by atoms with Crippen LogP contribution in [0.2, 0.25) is 5.15 Å². The Morgan fingerprint density at radius 3 is 2.81 bits per heavy atom. The minimum atomic E-state index is -0.429. The average molecular weight is 375 g/mol. The van der Waals surface area contributed by atoms with E-state index >= 15 is 0 Å². The van der Waals surface area contributed by atoms with Crippen molar-refractivity contribution in [2.45, 2.75) is 39.2 Å². The first-order valence-electron chi connectivity index (χ1n) is 8.48. The third kappa shape index (κ3) is 4.52. The number of amides is 1. The molecule has 2 heterocycles. The molecule has 0 bridgehead atoms. The number of fused-ring (bicyclic) bond motifs is 1. The lowest BCUT2D eigenvalue weighted by molar-refractivity contribution is -0.121. The van der Waals surface area contributed by atoms with Crippen LogP contribution in [0, 0.1) is 0 Å². The molecule has 26 heavy (non-hydrogen) atoms. The van der Waals surface area contributed by atoms with Crippen molar-refractivity contribution in [1.29, 1.82) is 0 Å². The molecule has 2 aromatic heterocycles. The summed E-state index contributed by atoms with van der Waals surface area (Å²) < 4.78 is 10.2. The van der Waals surface area contributed by atoms with Gasteiger partial charge in [0.05, 0.1) is 0 Å². The van der Waals surface area contributed by atoms with Crippen LogP contribution in [0.25, 0.3) is 11.0 Å². The number of carbonyl (C=O) groups excluding carboxylic acids is 1. The summed E-state index contributed by atoms with van der Waals surface area (Å²) in [4.78, 5) is 23.8. The zero-order valence-corrected chi connectivity index (χ0v) is 15.1. The van der Waals surface area contributed by atoms with Gasteiger partial charge in [0, 0.05) is 36.9 Å². The van der Waals surface area contributed by atoms with Crippen molar-refractivity contribution in [3.8, 4) is 0 Å². The Morgan fingerprint density at radius 1 is 1.23 bits per heavy atom. The molecule has 0 unspecified atom stereocenters. The molecule has 0 fully saturated rings. The number of benzene rings is 1. The van der Waals surface area contributed by atoms with E-state index in [9.17, 15) is 9.59 Å². The van der Waals surface area contributed by atoms with Gasteiger partial charge in [0.25, 0.3) is 0 Å². The molecule has 1 amide bonds. The summed E-state index contributed by atoms with van der Waals surface area (Å²) in [6, 6.07) is 8.79. The van der Waals surface area contributed by atoms with Gasteiger partial charge in [-0.2, -0.15) is 0 Å². The van der Waals surface area contributed by atoms with Crippen molar-refractivity contribution < 1.29 is 13.7 Å². The molecular weight excluding hydrogens is 356 g/mol. The van der Waals surface area contributed by atoms with Crippen LogP contribution in [0.4, 0.5) is 0 Å². The van der Waals surface area contributed by atoms with Gasteiger partial charge in [-0.1, -0.05) is 36.2 Å². The highest BCUT2D eigenvalue weighted by atomic mass is 35.5. The highest BCUT2D eigenvalue weighted by Gasteiger charge is 2.10. The molecule has 0 aliphatic heterocycles. The zero-order chi connectivity index (χ0) is 18.5. The molecule has 1 N–H and O–H groups in total. The van der Waals surface area contributed by atoms with Crippen LogP contribution in [-0.4, -0.2) is 11.1 Å². The topological polar surface area (TPSA) is 85.3 Å². The van der Waals surface area contributed by atoms with E-state index in [2.05, 4.69) is 17.4 Å². The molecule has 1 aromatic carbocycles. The largest absolute Gasteiger partial charge is 0.423 e. The van der Waals surface area contributed by atoms with Crippen LogP contribution >= 0.6 is 11.6 Å². The zero-order valence-electron chi connectivity index (χ0n) is 14.4. The van der Waals surface area contributed by atoms with Gasteiger partial charge in [0.15, 0.2) is 5.15 Å².